The number of hydrogen-bond donors (Lipinski definition) is 2. The third kappa shape index (κ3) is 3.15. The molecule has 1 aromatic heterocycles. The second-order valence-corrected chi connectivity index (χ2v) is 5.90. The molecule has 6 nitrogen and oxygen atoms in total. The molecule has 0 saturated heterocycles. The molecular weight excluding hydrogens is 318 g/mol. The van der Waals surface area contributed by atoms with Gasteiger partial charge in [-0.2, -0.15) is 0 Å². The largest absolute Gasteiger partial charge is 0.462 e. The number of allylic oxidation sites excluding steroid dienone is 1. The smallest absolute Gasteiger partial charge is 0.340 e. The Morgan fingerprint density at radius 2 is 2.00 bits per heavy atom. The summed E-state index contributed by atoms with van der Waals surface area (Å²) in [5.41, 5.74) is 12.9. The predicted octanol–water partition coefficient (Wildman–Crippen LogP) is 3.08. The molecule has 130 valence electrons. The van der Waals surface area contributed by atoms with Crippen LogP contribution < -0.4 is 11.2 Å². The number of primary amides is 1. The fraction of sp³-hybridized carbons (Fsp3) is 0.263. The average Bonchev–Trinajstić information content (AvgIpc) is 3.08. The van der Waals surface area contributed by atoms with Gasteiger partial charge in [-0.05, 0) is 49.5 Å². The Kier molecular flexibility index (Phi) is 4.61. The molecule has 1 aromatic carbocycles. The number of nitrogens with two attached hydrogens (primary N) is 1. The van der Waals surface area contributed by atoms with Crippen LogP contribution in [0.25, 0.3) is 11.6 Å². The van der Waals surface area contributed by atoms with E-state index in [-0.39, 0.29) is 5.97 Å². The van der Waals surface area contributed by atoms with E-state index in [0.29, 0.717) is 17.9 Å². The number of urea groups is 1. The number of ether oxygens (including phenoxy) is 1. The number of aromatic nitrogens is 1. The third-order valence-corrected chi connectivity index (χ3v) is 4.30. The van der Waals surface area contributed by atoms with Gasteiger partial charge in [-0.3, -0.25) is 4.68 Å². The Balaban J connectivity index is 2.14. The molecule has 6 heteroatoms. The quantitative estimate of drug-likeness (QED) is 0.839. The van der Waals surface area contributed by atoms with E-state index in [1.165, 1.54) is 0 Å². The summed E-state index contributed by atoms with van der Waals surface area (Å²) in [7, 11) is 0. The molecule has 0 saturated carbocycles. The summed E-state index contributed by atoms with van der Waals surface area (Å²) in [4.78, 5) is 23.8. The van der Waals surface area contributed by atoms with Crippen molar-refractivity contribution in [1.29, 1.82) is 0 Å². The van der Waals surface area contributed by atoms with Crippen molar-refractivity contribution in [2.45, 2.75) is 26.7 Å². The van der Waals surface area contributed by atoms with Crippen molar-refractivity contribution < 1.29 is 14.3 Å². The maximum absolute atomic E-state index is 12.4. The Morgan fingerprint density at radius 1 is 1.28 bits per heavy atom. The van der Waals surface area contributed by atoms with Crippen molar-refractivity contribution in [2.75, 3.05) is 12.0 Å². The molecule has 2 amide bonds. The number of esters is 1. The lowest BCUT2D eigenvalue weighted by Crippen LogP contribution is -2.30. The first-order valence-corrected chi connectivity index (χ1v) is 8.26. The summed E-state index contributed by atoms with van der Waals surface area (Å²) in [6, 6.07) is 9.25. The van der Waals surface area contributed by atoms with E-state index >= 15 is 0 Å². The molecule has 25 heavy (non-hydrogen) atoms. The van der Waals surface area contributed by atoms with Gasteiger partial charge in [0, 0.05) is 0 Å². The van der Waals surface area contributed by atoms with E-state index in [9.17, 15) is 9.59 Å². The van der Waals surface area contributed by atoms with E-state index in [1.807, 2.05) is 30.3 Å². The van der Waals surface area contributed by atoms with Gasteiger partial charge in [-0.15, -0.1) is 0 Å². The van der Waals surface area contributed by atoms with Crippen LogP contribution in [0.3, 0.4) is 0 Å². The van der Waals surface area contributed by atoms with E-state index in [4.69, 9.17) is 10.5 Å². The van der Waals surface area contributed by atoms with Crippen LogP contribution in [0, 0.1) is 6.92 Å². The van der Waals surface area contributed by atoms with E-state index < -0.39 is 6.03 Å². The predicted molar refractivity (Wildman–Crippen MR) is 96.7 cm³/mol. The Hall–Kier alpha value is -3.02. The number of nitrogens with one attached hydrogen (secondary N) is 1. The zero-order valence-corrected chi connectivity index (χ0v) is 14.3. The van der Waals surface area contributed by atoms with Crippen LogP contribution in [0.2, 0.25) is 0 Å². The highest BCUT2D eigenvalue weighted by atomic mass is 16.5. The lowest BCUT2D eigenvalue weighted by atomic mass is 10.1. The summed E-state index contributed by atoms with van der Waals surface area (Å²) in [5, 5.41) is 0. The molecule has 3 N–H and O–H groups in total. The molecule has 0 unspecified atom stereocenters. The number of fused-ring (bicyclic) bond motifs is 1. The molecule has 1 aliphatic carbocycles. The van der Waals surface area contributed by atoms with Crippen molar-refractivity contribution in [1.82, 2.24) is 4.68 Å². The molecule has 0 spiro atoms. The Labute approximate surface area is 146 Å². The van der Waals surface area contributed by atoms with Crippen LogP contribution in [0.15, 0.2) is 30.3 Å². The molecule has 0 aliphatic heterocycles. The standard InChI is InChI=1S/C19H21N3O3/c1-3-25-18(23)16-12(2)22(21-19(20)24)17-14(9-10-15(16)17)11-13-7-5-4-6-8-13/h4-8,11H,3,9-10H2,1-2H3,(H3,20,21,24)/b14-11-. The maximum atomic E-state index is 12.4. The maximum Gasteiger partial charge on any atom is 0.340 e. The number of carbonyl (C=O) groups excluding carboxylic acids is 2. The monoisotopic (exact) mass is 339 g/mol. The summed E-state index contributed by atoms with van der Waals surface area (Å²) >= 11 is 0. The zero-order chi connectivity index (χ0) is 18.0. The first-order chi connectivity index (χ1) is 12.0. The summed E-state index contributed by atoms with van der Waals surface area (Å²) in [6.45, 7) is 3.85. The Morgan fingerprint density at radius 3 is 2.64 bits per heavy atom. The second kappa shape index (κ2) is 6.84. The number of rotatable bonds is 4. The van der Waals surface area contributed by atoms with Gasteiger partial charge in [0.05, 0.1) is 23.6 Å². The number of carbonyl (C=O) groups is 2. The normalized spacial score (nSPS) is 14.4. The molecule has 0 atom stereocenters. The third-order valence-electron chi connectivity index (χ3n) is 4.30. The van der Waals surface area contributed by atoms with Crippen LogP contribution in [-0.4, -0.2) is 23.3 Å². The van der Waals surface area contributed by atoms with Crippen LogP contribution in [-0.2, 0) is 11.2 Å². The summed E-state index contributed by atoms with van der Waals surface area (Å²) in [6.07, 6.45) is 3.57. The van der Waals surface area contributed by atoms with Gasteiger partial charge in [-0.25, -0.2) is 15.0 Å². The molecule has 2 aromatic rings. The number of nitrogens with zero attached hydrogens (tertiary/aromatic N) is 1. The minimum atomic E-state index is -0.678. The van der Waals surface area contributed by atoms with Crippen LogP contribution >= 0.6 is 0 Å². The molecule has 0 radical (unpaired) electrons. The first-order valence-electron chi connectivity index (χ1n) is 8.26. The SMILES string of the molecule is CCOC(=O)c1c2c(n(NC(N)=O)c1C)/C(=C\c1ccccc1)CC2. The fourth-order valence-corrected chi connectivity index (χ4v) is 3.33. The summed E-state index contributed by atoms with van der Waals surface area (Å²) < 4.78 is 6.79. The molecule has 1 aliphatic rings. The number of benzene rings is 1. The minimum Gasteiger partial charge on any atom is -0.462 e. The lowest BCUT2D eigenvalue weighted by Gasteiger charge is -2.12. The van der Waals surface area contributed by atoms with Crippen LogP contribution in [0.5, 0.6) is 0 Å². The van der Waals surface area contributed by atoms with Crippen molar-refractivity contribution >= 4 is 23.6 Å². The topological polar surface area (TPSA) is 86.3 Å². The van der Waals surface area contributed by atoms with Crippen molar-refractivity contribution in [3.05, 3.63) is 58.4 Å². The molecular formula is C19H21N3O3. The highest BCUT2D eigenvalue weighted by Gasteiger charge is 2.32. The Bertz CT molecular complexity index is 851. The van der Waals surface area contributed by atoms with E-state index in [0.717, 1.165) is 35.2 Å². The average molecular weight is 339 g/mol. The minimum absolute atomic E-state index is 0.300. The second-order valence-electron chi connectivity index (χ2n) is 5.90. The van der Waals surface area contributed by atoms with Crippen LogP contribution in [0.1, 0.15) is 46.2 Å². The number of amides is 2. The van der Waals surface area contributed by atoms with Gasteiger partial charge in [0.1, 0.15) is 0 Å². The van der Waals surface area contributed by atoms with E-state index in [2.05, 4.69) is 11.5 Å². The van der Waals surface area contributed by atoms with Crippen LogP contribution in [0.4, 0.5) is 4.79 Å². The van der Waals surface area contributed by atoms with E-state index in [1.54, 1.807) is 18.5 Å². The molecule has 0 fully saturated rings. The lowest BCUT2D eigenvalue weighted by molar-refractivity contribution is 0.0524. The zero-order valence-electron chi connectivity index (χ0n) is 14.3. The van der Waals surface area contributed by atoms with Crippen molar-refractivity contribution in [3.63, 3.8) is 0 Å². The van der Waals surface area contributed by atoms with Gasteiger partial charge in [0.25, 0.3) is 0 Å². The van der Waals surface area contributed by atoms with Gasteiger partial charge in [0.15, 0.2) is 0 Å². The molecule has 1 heterocycles. The van der Waals surface area contributed by atoms with Crippen molar-refractivity contribution in [3.8, 4) is 0 Å². The molecule has 3 rings (SSSR count). The molecule has 0 bridgehead atoms. The highest BCUT2D eigenvalue weighted by molar-refractivity contribution is 5.98. The van der Waals surface area contributed by atoms with Crippen molar-refractivity contribution in [2.24, 2.45) is 5.73 Å². The van der Waals surface area contributed by atoms with Gasteiger partial charge < -0.3 is 10.5 Å². The van der Waals surface area contributed by atoms with Gasteiger partial charge in [0.2, 0.25) is 0 Å². The highest BCUT2D eigenvalue weighted by Crippen LogP contribution is 2.38. The fourth-order valence-electron chi connectivity index (χ4n) is 3.33. The van der Waals surface area contributed by atoms with Gasteiger partial charge in [-0.1, -0.05) is 30.3 Å². The number of hydrogen-bond acceptors (Lipinski definition) is 3. The summed E-state index contributed by atoms with van der Waals surface area (Å²) in [5.74, 6) is -0.373. The first kappa shape index (κ1) is 16.8. The van der Waals surface area contributed by atoms with Gasteiger partial charge >= 0.3 is 12.0 Å².